The Morgan fingerprint density at radius 1 is 1.05 bits per heavy atom. The smallest absolute Gasteiger partial charge is 0.310 e. The van der Waals surface area contributed by atoms with Gasteiger partial charge >= 0.3 is 5.95 Å². The Balaban J connectivity index is 1.50. The standard InChI is InChI=1S/C34H35NO3/c1-18(2)11-23-15-28-27-13-19(3)12-20(4)32(27)33(34-36-21(5)14-22(6)37-34)35(28)29-17-31-26(16-25(23)29)24-9-7-8-10-30(24)38-31/h7-10,12-15,17-18,21,25,28H,11,16H2,1-6H3/b34-33-. The first-order chi connectivity index (χ1) is 18.3. The lowest BCUT2D eigenvalue weighted by molar-refractivity contribution is 0.0214. The van der Waals surface area contributed by atoms with Crippen LogP contribution in [0.3, 0.4) is 0 Å². The Kier molecular flexibility index (Phi) is 5.20. The highest BCUT2D eigenvalue weighted by Gasteiger charge is 2.47. The van der Waals surface area contributed by atoms with Crippen molar-refractivity contribution in [2.45, 2.75) is 66.5 Å². The van der Waals surface area contributed by atoms with Crippen molar-refractivity contribution in [2.24, 2.45) is 11.8 Å². The summed E-state index contributed by atoms with van der Waals surface area (Å²) in [7, 11) is 0. The molecule has 2 aromatic carbocycles. The van der Waals surface area contributed by atoms with Gasteiger partial charge < -0.3 is 18.8 Å². The molecule has 4 heteroatoms. The predicted octanol–water partition coefficient (Wildman–Crippen LogP) is 8.57. The van der Waals surface area contributed by atoms with Gasteiger partial charge in [0.25, 0.3) is 0 Å². The summed E-state index contributed by atoms with van der Waals surface area (Å²) >= 11 is 0. The molecule has 0 N–H and O–H groups in total. The van der Waals surface area contributed by atoms with Crippen LogP contribution < -0.4 is 0 Å². The van der Waals surface area contributed by atoms with E-state index in [1.54, 1.807) is 0 Å². The van der Waals surface area contributed by atoms with E-state index in [2.05, 4.69) is 88.1 Å². The molecule has 3 aromatic rings. The Morgan fingerprint density at radius 3 is 2.66 bits per heavy atom. The van der Waals surface area contributed by atoms with E-state index in [9.17, 15) is 0 Å². The summed E-state index contributed by atoms with van der Waals surface area (Å²) in [5.41, 5.74) is 11.2. The summed E-state index contributed by atoms with van der Waals surface area (Å²) in [4.78, 5) is 2.49. The number of fused-ring (bicyclic) bond motifs is 8. The van der Waals surface area contributed by atoms with Crippen LogP contribution in [0.15, 0.2) is 75.9 Å². The fourth-order valence-corrected chi connectivity index (χ4v) is 7.00. The maximum Gasteiger partial charge on any atom is 0.310 e. The van der Waals surface area contributed by atoms with E-state index in [1.807, 2.05) is 13.0 Å². The maximum atomic E-state index is 6.43. The highest BCUT2D eigenvalue weighted by atomic mass is 16.7. The molecule has 7 rings (SSSR count). The van der Waals surface area contributed by atoms with Crippen molar-refractivity contribution < 1.29 is 13.9 Å². The highest BCUT2D eigenvalue weighted by molar-refractivity contribution is 5.87. The number of rotatable bonds is 2. The fourth-order valence-electron chi connectivity index (χ4n) is 7.00. The minimum atomic E-state index is -0.0468. The number of allylic oxidation sites excluding steroid dienone is 2. The first-order valence-electron chi connectivity index (χ1n) is 13.9. The number of nitrogens with zero attached hydrogens (tertiary/aromatic N) is 1. The van der Waals surface area contributed by atoms with E-state index in [4.69, 9.17) is 13.9 Å². The van der Waals surface area contributed by atoms with Crippen LogP contribution in [0, 0.1) is 25.7 Å². The van der Waals surface area contributed by atoms with Gasteiger partial charge in [0, 0.05) is 34.2 Å². The average Bonchev–Trinajstić information content (AvgIpc) is 3.37. The lowest BCUT2D eigenvalue weighted by atomic mass is 9.77. The molecular formula is C34H35NO3. The van der Waals surface area contributed by atoms with Gasteiger partial charge in [-0.2, -0.15) is 0 Å². The van der Waals surface area contributed by atoms with Crippen molar-refractivity contribution in [3.8, 4) is 0 Å². The molecule has 3 unspecified atom stereocenters. The number of para-hydroxylation sites is 1. The molecule has 0 fully saturated rings. The maximum absolute atomic E-state index is 6.43. The largest absolute Gasteiger partial charge is 0.456 e. The van der Waals surface area contributed by atoms with E-state index in [0.717, 1.165) is 35.6 Å². The van der Waals surface area contributed by atoms with Crippen LogP contribution in [-0.2, 0) is 15.9 Å². The summed E-state index contributed by atoms with van der Waals surface area (Å²) in [6.07, 6.45) is 8.83. The molecule has 3 atom stereocenters. The molecule has 194 valence electrons. The third-order valence-corrected chi connectivity index (χ3v) is 8.31. The Bertz CT molecular complexity index is 1610. The van der Waals surface area contributed by atoms with Crippen molar-refractivity contribution >= 4 is 22.7 Å². The van der Waals surface area contributed by atoms with Crippen LogP contribution in [-0.4, -0.2) is 11.0 Å². The summed E-state index contributed by atoms with van der Waals surface area (Å²) < 4.78 is 19.1. The molecule has 4 aliphatic rings. The first-order valence-corrected chi connectivity index (χ1v) is 13.9. The normalized spacial score (nSPS) is 25.6. The van der Waals surface area contributed by atoms with Crippen LogP contribution in [0.25, 0.3) is 22.7 Å². The summed E-state index contributed by atoms with van der Waals surface area (Å²) in [5, 5.41) is 1.23. The second-order valence-corrected chi connectivity index (χ2v) is 11.8. The van der Waals surface area contributed by atoms with E-state index in [1.165, 1.54) is 44.5 Å². The van der Waals surface area contributed by atoms with Crippen molar-refractivity contribution in [3.63, 3.8) is 0 Å². The van der Waals surface area contributed by atoms with Gasteiger partial charge in [-0.15, -0.1) is 0 Å². The van der Waals surface area contributed by atoms with Gasteiger partial charge in [-0.1, -0.05) is 61.4 Å². The lowest BCUT2D eigenvalue weighted by Crippen LogP contribution is -2.34. The van der Waals surface area contributed by atoms with Gasteiger partial charge in [0.1, 0.15) is 28.9 Å². The number of benzene rings is 2. The van der Waals surface area contributed by atoms with E-state index >= 15 is 0 Å². The van der Waals surface area contributed by atoms with Crippen molar-refractivity contribution in [2.75, 3.05) is 0 Å². The zero-order valence-corrected chi connectivity index (χ0v) is 23.1. The topological polar surface area (TPSA) is 34.8 Å². The number of hydrogen-bond donors (Lipinski definition) is 0. The number of furan rings is 1. The van der Waals surface area contributed by atoms with Crippen molar-refractivity contribution in [3.05, 3.63) is 105 Å². The first kappa shape index (κ1) is 23.5. The Labute approximate surface area is 224 Å². The van der Waals surface area contributed by atoms with Crippen LogP contribution in [0.2, 0.25) is 0 Å². The molecule has 0 bridgehead atoms. The average molecular weight is 506 g/mol. The fraction of sp³-hybridized carbons (Fsp3) is 0.353. The van der Waals surface area contributed by atoms with Crippen LogP contribution in [0.4, 0.5) is 0 Å². The molecule has 0 radical (unpaired) electrons. The molecule has 38 heavy (non-hydrogen) atoms. The molecule has 0 amide bonds. The minimum Gasteiger partial charge on any atom is -0.456 e. The van der Waals surface area contributed by atoms with Crippen molar-refractivity contribution in [1.82, 2.24) is 4.90 Å². The van der Waals surface area contributed by atoms with Gasteiger partial charge in [-0.25, -0.2) is 0 Å². The number of aryl methyl sites for hydroxylation is 2. The lowest BCUT2D eigenvalue weighted by Gasteiger charge is -2.42. The second-order valence-electron chi connectivity index (χ2n) is 11.8. The van der Waals surface area contributed by atoms with Crippen LogP contribution >= 0.6 is 0 Å². The zero-order valence-electron chi connectivity index (χ0n) is 23.1. The molecular weight excluding hydrogens is 470 g/mol. The molecule has 4 nitrogen and oxygen atoms in total. The predicted molar refractivity (Wildman–Crippen MR) is 152 cm³/mol. The highest BCUT2D eigenvalue weighted by Crippen LogP contribution is 2.56. The van der Waals surface area contributed by atoms with Crippen LogP contribution in [0.5, 0.6) is 0 Å². The molecule has 0 saturated heterocycles. The summed E-state index contributed by atoms with van der Waals surface area (Å²) in [5.74, 6) is 3.32. The third kappa shape index (κ3) is 3.49. The number of hydrogen-bond acceptors (Lipinski definition) is 4. The van der Waals surface area contributed by atoms with Gasteiger partial charge in [0.15, 0.2) is 0 Å². The monoisotopic (exact) mass is 505 g/mol. The zero-order chi connectivity index (χ0) is 26.3. The summed E-state index contributed by atoms with van der Waals surface area (Å²) in [6.45, 7) is 13.1. The van der Waals surface area contributed by atoms with E-state index in [0.29, 0.717) is 11.9 Å². The van der Waals surface area contributed by atoms with Gasteiger partial charge in [0.05, 0.1) is 6.04 Å². The van der Waals surface area contributed by atoms with Gasteiger partial charge in [0.2, 0.25) is 0 Å². The van der Waals surface area contributed by atoms with Gasteiger partial charge in [-0.3, -0.25) is 0 Å². The number of ether oxygens (including phenoxy) is 2. The summed E-state index contributed by atoms with van der Waals surface area (Å²) in [6, 6.07) is 13.2. The SMILES string of the molecule is CC1=CC(C)O/C(=C2\c3c(C)cc(C)cc3C3C=C(CC(C)C)C4Cc5c(oc6ccccc56)C=C4N23)O1. The quantitative estimate of drug-likeness (QED) is 0.327. The molecule has 4 heterocycles. The second kappa shape index (κ2) is 8.42. The van der Waals surface area contributed by atoms with E-state index < -0.39 is 0 Å². The third-order valence-electron chi connectivity index (χ3n) is 8.31. The molecule has 0 spiro atoms. The molecule has 1 aliphatic carbocycles. The Morgan fingerprint density at radius 2 is 1.87 bits per heavy atom. The molecule has 3 aliphatic heterocycles. The Hall–Kier alpha value is -3.66. The molecule has 0 saturated carbocycles. The van der Waals surface area contributed by atoms with Crippen molar-refractivity contribution in [1.29, 1.82) is 0 Å². The molecule has 1 aromatic heterocycles. The minimum absolute atomic E-state index is 0.0468. The van der Waals surface area contributed by atoms with E-state index in [-0.39, 0.29) is 18.1 Å². The van der Waals surface area contributed by atoms with Gasteiger partial charge in [-0.05, 0) is 69.7 Å². The van der Waals surface area contributed by atoms with Crippen LogP contribution in [0.1, 0.15) is 73.7 Å².